The van der Waals surface area contributed by atoms with Crippen molar-refractivity contribution in [1.29, 1.82) is 0 Å². The molecule has 1 atom stereocenters. The van der Waals surface area contributed by atoms with Crippen LogP contribution in [0.25, 0.3) is 0 Å². The molecule has 0 spiro atoms. The normalized spacial score (nSPS) is 11.9. The van der Waals surface area contributed by atoms with Crippen LogP contribution in [0.3, 0.4) is 0 Å². The van der Waals surface area contributed by atoms with Gasteiger partial charge in [-0.05, 0) is 47.1 Å². The average Bonchev–Trinajstić information content (AvgIpc) is 2.42. The molecule has 3 nitrogen and oxygen atoms in total. The fraction of sp³-hybridized carbons (Fsp3) is 0.133. The van der Waals surface area contributed by atoms with Crippen molar-refractivity contribution in [2.45, 2.75) is 13.0 Å². The molecular weight excluding hydrogens is 323 g/mol. The van der Waals surface area contributed by atoms with Gasteiger partial charge in [0.15, 0.2) is 0 Å². The molecule has 0 aromatic heterocycles. The molecule has 104 valence electrons. The van der Waals surface area contributed by atoms with Crippen molar-refractivity contribution in [2.75, 3.05) is 5.73 Å². The highest BCUT2D eigenvalue weighted by Gasteiger charge is 2.14. The maximum absolute atomic E-state index is 13.6. The maximum atomic E-state index is 13.6. The third-order valence-corrected chi connectivity index (χ3v) is 3.70. The van der Waals surface area contributed by atoms with Crippen LogP contribution < -0.4 is 11.1 Å². The number of hydrogen-bond donors (Lipinski definition) is 2. The van der Waals surface area contributed by atoms with Crippen LogP contribution >= 0.6 is 15.9 Å². The van der Waals surface area contributed by atoms with Gasteiger partial charge in [-0.1, -0.05) is 18.2 Å². The molecule has 3 N–H and O–H groups in total. The molecule has 0 heterocycles. The Balaban J connectivity index is 2.15. The summed E-state index contributed by atoms with van der Waals surface area (Å²) in [5.74, 6) is -0.629. The monoisotopic (exact) mass is 336 g/mol. The summed E-state index contributed by atoms with van der Waals surface area (Å²) in [4.78, 5) is 12.1. The number of nitrogens with one attached hydrogen (secondary N) is 1. The standard InChI is InChI=1S/C15H14BrFN2O/c1-9(11-4-2-3-5-13(11)17)19-15(20)10-6-7-12(16)14(18)8-10/h2-9H,18H2,1H3,(H,19,20)/t9-/m1/s1. The maximum Gasteiger partial charge on any atom is 0.251 e. The Morgan fingerprint density at radius 3 is 2.65 bits per heavy atom. The first kappa shape index (κ1) is 14.5. The molecule has 2 aromatic rings. The van der Waals surface area contributed by atoms with E-state index in [1.165, 1.54) is 6.07 Å². The van der Waals surface area contributed by atoms with Gasteiger partial charge in [-0.2, -0.15) is 0 Å². The predicted molar refractivity (Wildman–Crippen MR) is 80.8 cm³/mol. The number of nitrogens with two attached hydrogens (primary N) is 1. The van der Waals surface area contributed by atoms with Gasteiger partial charge in [0.25, 0.3) is 5.91 Å². The van der Waals surface area contributed by atoms with Gasteiger partial charge < -0.3 is 11.1 Å². The Bertz CT molecular complexity index is 646. The molecule has 0 saturated heterocycles. The van der Waals surface area contributed by atoms with Gasteiger partial charge in [0.2, 0.25) is 0 Å². The molecule has 0 unspecified atom stereocenters. The molecule has 5 heteroatoms. The lowest BCUT2D eigenvalue weighted by Crippen LogP contribution is -2.27. The van der Waals surface area contributed by atoms with Gasteiger partial charge in [0.05, 0.1) is 6.04 Å². The molecule has 2 rings (SSSR count). The fourth-order valence-electron chi connectivity index (χ4n) is 1.87. The van der Waals surface area contributed by atoms with Crippen molar-refractivity contribution >= 4 is 27.5 Å². The van der Waals surface area contributed by atoms with E-state index in [2.05, 4.69) is 21.2 Å². The van der Waals surface area contributed by atoms with Crippen molar-refractivity contribution < 1.29 is 9.18 Å². The second kappa shape index (κ2) is 6.05. The van der Waals surface area contributed by atoms with Gasteiger partial charge in [-0.25, -0.2) is 4.39 Å². The molecule has 0 fully saturated rings. The molecule has 2 aromatic carbocycles. The highest BCUT2D eigenvalue weighted by molar-refractivity contribution is 9.10. The fourth-order valence-corrected chi connectivity index (χ4v) is 2.12. The zero-order valence-corrected chi connectivity index (χ0v) is 12.4. The lowest BCUT2D eigenvalue weighted by atomic mass is 10.1. The van der Waals surface area contributed by atoms with Crippen molar-refractivity contribution in [2.24, 2.45) is 0 Å². The number of carbonyl (C=O) groups is 1. The summed E-state index contributed by atoms with van der Waals surface area (Å²) in [6.07, 6.45) is 0. The third kappa shape index (κ3) is 3.17. The van der Waals surface area contributed by atoms with E-state index in [9.17, 15) is 9.18 Å². The van der Waals surface area contributed by atoms with Crippen LogP contribution in [-0.4, -0.2) is 5.91 Å². The summed E-state index contributed by atoms with van der Waals surface area (Å²) in [6, 6.07) is 10.9. The zero-order chi connectivity index (χ0) is 14.7. The molecular formula is C15H14BrFN2O. The molecule has 20 heavy (non-hydrogen) atoms. The van der Waals surface area contributed by atoms with E-state index >= 15 is 0 Å². The summed E-state index contributed by atoms with van der Waals surface area (Å²) in [5, 5.41) is 2.75. The summed E-state index contributed by atoms with van der Waals surface area (Å²) in [5.41, 5.74) is 7.11. The van der Waals surface area contributed by atoms with Crippen LogP contribution in [0.1, 0.15) is 28.9 Å². The number of rotatable bonds is 3. The molecule has 0 aliphatic heterocycles. The second-order valence-electron chi connectivity index (χ2n) is 4.45. The first-order valence-corrected chi connectivity index (χ1v) is 6.88. The zero-order valence-electron chi connectivity index (χ0n) is 10.9. The van der Waals surface area contributed by atoms with E-state index in [1.807, 2.05) is 0 Å². The van der Waals surface area contributed by atoms with Crippen LogP contribution in [-0.2, 0) is 0 Å². The van der Waals surface area contributed by atoms with Crippen LogP contribution in [0.5, 0.6) is 0 Å². The highest BCUT2D eigenvalue weighted by Crippen LogP contribution is 2.21. The van der Waals surface area contributed by atoms with Gasteiger partial charge in [-0.15, -0.1) is 0 Å². The van der Waals surface area contributed by atoms with E-state index < -0.39 is 6.04 Å². The summed E-state index contributed by atoms with van der Waals surface area (Å²) < 4.78 is 14.4. The average molecular weight is 337 g/mol. The lowest BCUT2D eigenvalue weighted by molar-refractivity contribution is 0.0939. The highest BCUT2D eigenvalue weighted by atomic mass is 79.9. The Labute approximate surface area is 125 Å². The minimum atomic E-state index is -0.423. The van der Waals surface area contributed by atoms with Crippen molar-refractivity contribution in [3.8, 4) is 0 Å². The topological polar surface area (TPSA) is 55.1 Å². The summed E-state index contributed by atoms with van der Waals surface area (Å²) in [7, 11) is 0. The number of benzene rings is 2. The minimum absolute atomic E-state index is 0.292. The number of anilines is 1. The van der Waals surface area contributed by atoms with Gasteiger partial charge in [-0.3, -0.25) is 4.79 Å². The number of hydrogen-bond acceptors (Lipinski definition) is 2. The summed E-state index contributed by atoms with van der Waals surface area (Å²) >= 11 is 3.27. The molecule has 0 radical (unpaired) electrons. The van der Waals surface area contributed by atoms with Crippen LogP contribution in [0, 0.1) is 5.82 Å². The summed E-state index contributed by atoms with van der Waals surface area (Å²) in [6.45, 7) is 1.73. The van der Waals surface area contributed by atoms with Crippen molar-refractivity contribution in [3.63, 3.8) is 0 Å². The second-order valence-corrected chi connectivity index (χ2v) is 5.31. The van der Waals surface area contributed by atoms with Crippen LogP contribution in [0.2, 0.25) is 0 Å². The van der Waals surface area contributed by atoms with Gasteiger partial charge >= 0.3 is 0 Å². The number of halogens is 2. The predicted octanol–water partition coefficient (Wildman–Crippen LogP) is 3.66. The first-order valence-electron chi connectivity index (χ1n) is 6.09. The smallest absolute Gasteiger partial charge is 0.251 e. The molecule has 0 saturated carbocycles. The Morgan fingerprint density at radius 1 is 1.30 bits per heavy atom. The van der Waals surface area contributed by atoms with E-state index in [1.54, 1.807) is 43.3 Å². The number of carbonyl (C=O) groups excluding carboxylic acids is 1. The molecule has 0 aliphatic rings. The third-order valence-electron chi connectivity index (χ3n) is 2.98. The Kier molecular flexibility index (Phi) is 4.39. The molecule has 1 amide bonds. The van der Waals surface area contributed by atoms with E-state index in [0.29, 0.717) is 16.8 Å². The lowest BCUT2D eigenvalue weighted by Gasteiger charge is -2.15. The number of amides is 1. The van der Waals surface area contributed by atoms with Crippen LogP contribution in [0.15, 0.2) is 46.9 Å². The largest absolute Gasteiger partial charge is 0.398 e. The Hall–Kier alpha value is -1.88. The Morgan fingerprint density at radius 2 is 2.00 bits per heavy atom. The van der Waals surface area contributed by atoms with E-state index in [0.717, 1.165) is 4.47 Å². The van der Waals surface area contributed by atoms with Crippen molar-refractivity contribution in [1.82, 2.24) is 5.32 Å². The van der Waals surface area contributed by atoms with E-state index in [-0.39, 0.29) is 11.7 Å². The van der Waals surface area contributed by atoms with Crippen LogP contribution in [0.4, 0.5) is 10.1 Å². The molecule has 0 aliphatic carbocycles. The first-order chi connectivity index (χ1) is 9.49. The molecule has 0 bridgehead atoms. The SMILES string of the molecule is C[C@@H](NC(=O)c1ccc(Br)c(N)c1)c1ccccc1F. The van der Waals surface area contributed by atoms with Crippen molar-refractivity contribution in [3.05, 3.63) is 63.9 Å². The quantitative estimate of drug-likeness (QED) is 0.840. The van der Waals surface area contributed by atoms with E-state index in [4.69, 9.17) is 5.73 Å². The minimum Gasteiger partial charge on any atom is -0.398 e. The van der Waals surface area contributed by atoms with Gasteiger partial charge in [0, 0.05) is 21.3 Å². The number of nitrogen functional groups attached to an aromatic ring is 1. The van der Waals surface area contributed by atoms with Gasteiger partial charge in [0.1, 0.15) is 5.82 Å².